The number of carbonyl (C=O) groups is 1. The number of rotatable bonds is 8. The maximum absolute atomic E-state index is 11.8. The smallest absolute Gasteiger partial charge is 0.291 e. The molecule has 1 aromatic heterocycles. The lowest BCUT2D eigenvalue weighted by molar-refractivity contribution is 0.0938. The SMILES string of the molecule is CCCc1nc(C(=O)NCCN(CC)C2CC2)n[nH]1. The monoisotopic (exact) mass is 265 g/mol. The summed E-state index contributed by atoms with van der Waals surface area (Å²) in [6.07, 6.45) is 4.40. The number of likely N-dealkylation sites (N-methyl/N-ethyl adjacent to an activating group) is 1. The van der Waals surface area contributed by atoms with Gasteiger partial charge in [-0.3, -0.25) is 14.8 Å². The quantitative estimate of drug-likeness (QED) is 0.734. The number of hydrogen-bond donors (Lipinski definition) is 2. The first-order valence-corrected chi connectivity index (χ1v) is 7.18. The highest BCUT2D eigenvalue weighted by Gasteiger charge is 2.27. The Labute approximate surface area is 114 Å². The van der Waals surface area contributed by atoms with Crippen LogP contribution in [0.1, 0.15) is 49.6 Å². The second-order valence-electron chi connectivity index (χ2n) is 4.97. The summed E-state index contributed by atoms with van der Waals surface area (Å²) in [5.41, 5.74) is 0. The number of nitrogens with one attached hydrogen (secondary N) is 2. The first kappa shape index (κ1) is 14.0. The highest BCUT2D eigenvalue weighted by atomic mass is 16.2. The molecule has 106 valence electrons. The minimum Gasteiger partial charge on any atom is -0.348 e. The fourth-order valence-corrected chi connectivity index (χ4v) is 2.18. The molecular formula is C13H23N5O. The lowest BCUT2D eigenvalue weighted by atomic mass is 10.3. The van der Waals surface area contributed by atoms with E-state index in [9.17, 15) is 4.79 Å². The van der Waals surface area contributed by atoms with Crippen molar-refractivity contribution in [3.05, 3.63) is 11.6 Å². The number of aromatic amines is 1. The van der Waals surface area contributed by atoms with E-state index >= 15 is 0 Å². The van der Waals surface area contributed by atoms with Gasteiger partial charge in [0, 0.05) is 25.6 Å². The molecule has 0 bridgehead atoms. The molecule has 0 aromatic carbocycles. The van der Waals surface area contributed by atoms with Crippen LogP contribution in [0.2, 0.25) is 0 Å². The van der Waals surface area contributed by atoms with E-state index in [1.807, 2.05) is 0 Å². The summed E-state index contributed by atoms with van der Waals surface area (Å²) in [5.74, 6) is 0.837. The molecule has 1 amide bonds. The fourth-order valence-electron chi connectivity index (χ4n) is 2.18. The number of H-pyrrole nitrogens is 1. The molecule has 1 aliphatic rings. The van der Waals surface area contributed by atoms with Crippen LogP contribution in [0, 0.1) is 0 Å². The molecule has 0 radical (unpaired) electrons. The Morgan fingerprint density at radius 2 is 2.26 bits per heavy atom. The van der Waals surface area contributed by atoms with Crippen LogP contribution in [0.3, 0.4) is 0 Å². The maximum Gasteiger partial charge on any atom is 0.291 e. The van der Waals surface area contributed by atoms with Gasteiger partial charge in [0.2, 0.25) is 5.82 Å². The summed E-state index contributed by atoms with van der Waals surface area (Å²) >= 11 is 0. The van der Waals surface area contributed by atoms with E-state index in [1.165, 1.54) is 12.8 Å². The number of amides is 1. The Balaban J connectivity index is 1.73. The second-order valence-corrected chi connectivity index (χ2v) is 4.97. The second kappa shape index (κ2) is 6.65. The van der Waals surface area contributed by atoms with E-state index in [1.54, 1.807) is 0 Å². The van der Waals surface area contributed by atoms with E-state index in [2.05, 4.69) is 39.2 Å². The molecule has 6 nitrogen and oxygen atoms in total. The molecule has 0 atom stereocenters. The topological polar surface area (TPSA) is 73.9 Å². The highest BCUT2D eigenvalue weighted by molar-refractivity contribution is 5.90. The number of aromatic nitrogens is 3. The van der Waals surface area contributed by atoms with Crippen LogP contribution >= 0.6 is 0 Å². The molecule has 1 saturated carbocycles. The van der Waals surface area contributed by atoms with Crippen LogP contribution in [0.4, 0.5) is 0 Å². The number of hydrogen-bond acceptors (Lipinski definition) is 4. The van der Waals surface area contributed by atoms with Crippen LogP contribution in [0.15, 0.2) is 0 Å². The van der Waals surface area contributed by atoms with Gasteiger partial charge in [-0.25, -0.2) is 4.98 Å². The molecular weight excluding hydrogens is 242 g/mol. The Bertz CT molecular complexity index is 413. The van der Waals surface area contributed by atoms with Crippen molar-refractivity contribution in [2.45, 2.75) is 45.6 Å². The standard InChI is InChI=1S/C13H23N5O/c1-3-5-11-15-12(17-16-11)13(19)14-8-9-18(4-2)10-6-7-10/h10H,3-9H2,1-2H3,(H,14,19)(H,15,16,17). The van der Waals surface area contributed by atoms with E-state index in [0.717, 1.165) is 37.8 Å². The normalized spacial score (nSPS) is 14.9. The van der Waals surface area contributed by atoms with Gasteiger partial charge >= 0.3 is 0 Å². The van der Waals surface area contributed by atoms with Crippen molar-refractivity contribution < 1.29 is 4.79 Å². The zero-order valence-electron chi connectivity index (χ0n) is 11.8. The van der Waals surface area contributed by atoms with Crippen LogP contribution in [-0.2, 0) is 6.42 Å². The Morgan fingerprint density at radius 3 is 2.89 bits per heavy atom. The van der Waals surface area contributed by atoms with Gasteiger partial charge in [0.25, 0.3) is 5.91 Å². The summed E-state index contributed by atoms with van der Waals surface area (Å²) in [7, 11) is 0. The molecule has 2 N–H and O–H groups in total. The van der Waals surface area contributed by atoms with Gasteiger partial charge < -0.3 is 5.32 Å². The fraction of sp³-hybridized carbons (Fsp3) is 0.769. The molecule has 1 heterocycles. The summed E-state index contributed by atoms with van der Waals surface area (Å²) in [5, 5.41) is 9.61. The lowest BCUT2D eigenvalue weighted by Gasteiger charge is -2.19. The summed E-state index contributed by atoms with van der Waals surface area (Å²) in [6.45, 7) is 6.83. The van der Waals surface area contributed by atoms with Gasteiger partial charge in [-0.05, 0) is 25.8 Å². The summed E-state index contributed by atoms with van der Waals surface area (Å²) in [6, 6.07) is 0.738. The molecule has 2 rings (SSSR count). The molecule has 1 aliphatic carbocycles. The Morgan fingerprint density at radius 1 is 1.47 bits per heavy atom. The van der Waals surface area contributed by atoms with Gasteiger partial charge in [-0.15, -0.1) is 5.10 Å². The average Bonchev–Trinajstić information content (AvgIpc) is 3.14. The average molecular weight is 265 g/mol. The summed E-state index contributed by atoms with van der Waals surface area (Å²) < 4.78 is 0. The van der Waals surface area contributed by atoms with Gasteiger partial charge in [0.05, 0.1) is 0 Å². The molecule has 6 heteroatoms. The van der Waals surface area contributed by atoms with Crippen molar-refractivity contribution in [3.8, 4) is 0 Å². The van der Waals surface area contributed by atoms with Crippen LogP contribution in [-0.4, -0.2) is 51.7 Å². The number of carbonyl (C=O) groups excluding carboxylic acids is 1. The third-order valence-electron chi connectivity index (χ3n) is 3.38. The molecule has 1 aromatic rings. The summed E-state index contributed by atoms with van der Waals surface area (Å²) in [4.78, 5) is 18.4. The van der Waals surface area contributed by atoms with Gasteiger partial charge in [-0.2, -0.15) is 0 Å². The highest BCUT2D eigenvalue weighted by Crippen LogP contribution is 2.25. The molecule has 0 aliphatic heterocycles. The first-order valence-electron chi connectivity index (χ1n) is 7.18. The number of aryl methyl sites for hydroxylation is 1. The van der Waals surface area contributed by atoms with Crippen LogP contribution in [0.5, 0.6) is 0 Å². The van der Waals surface area contributed by atoms with Crippen molar-refractivity contribution in [1.29, 1.82) is 0 Å². The molecule has 0 spiro atoms. The predicted octanol–water partition coefficient (Wildman–Crippen LogP) is 0.971. The minimum absolute atomic E-state index is 0.189. The zero-order valence-corrected chi connectivity index (χ0v) is 11.8. The molecule has 19 heavy (non-hydrogen) atoms. The molecule has 0 saturated heterocycles. The van der Waals surface area contributed by atoms with Gasteiger partial charge in [-0.1, -0.05) is 13.8 Å². The van der Waals surface area contributed by atoms with Crippen LogP contribution < -0.4 is 5.32 Å². The lowest BCUT2D eigenvalue weighted by Crippen LogP contribution is -2.36. The van der Waals surface area contributed by atoms with Crippen LogP contribution in [0.25, 0.3) is 0 Å². The third kappa shape index (κ3) is 4.02. The largest absolute Gasteiger partial charge is 0.348 e. The van der Waals surface area contributed by atoms with E-state index in [-0.39, 0.29) is 11.7 Å². The van der Waals surface area contributed by atoms with Crippen molar-refractivity contribution >= 4 is 5.91 Å². The van der Waals surface area contributed by atoms with Crippen molar-refractivity contribution in [3.63, 3.8) is 0 Å². The van der Waals surface area contributed by atoms with E-state index in [0.29, 0.717) is 6.54 Å². The van der Waals surface area contributed by atoms with Crippen molar-refractivity contribution in [1.82, 2.24) is 25.4 Å². The van der Waals surface area contributed by atoms with Gasteiger partial charge in [0.1, 0.15) is 5.82 Å². The molecule has 1 fully saturated rings. The predicted molar refractivity (Wildman–Crippen MR) is 73.0 cm³/mol. The minimum atomic E-state index is -0.189. The van der Waals surface area contributed by atoms with Crippen molar-refractivity contribution in [2.75, 3.05) is 19.6 Å². The van der Waals surface area contributed by atoms with E-state index in [4.69, 9.17) is 0 Å². The Kier molecular flexibility index (Phi) is 4.90. The first-order chi connectivity index (χ1) is 9.24. The third-order valence-corrected chi connectivity index (χ3v) is 3.38. The van der Waals surface area contributed by atoms with Crippen molar-refractivity contribution in [2.24, 2.45) is 0 Å². The zero-order chi connectivity index (χ0) is 13.7. The maximum atomic E-state index is 11.8. The van der Waals surface area contributed by atoms with E-state index < -0.39 is 0 Å². The molecule has 0 unspecified atom stereocenters. The van der Waals surface area contributed by atoms with Gasteiger partial charge in [0.15, 0.2) is 0 Å². The number of nitrogens with zero attached hydrogens (tertiary/aromatic N) is 3. The Hall–Kier alpha value is -1.43.